The van der Waals surface area contributed by atoms with E-state index < -0.39 is 22.5 Å². The zero-order chi connectivity index (χ0) is 12.3. The Labute approximate surface area is 93.8 Å². The van der Waals surface area contributed by atoms with Gasteiger partial charge in [0.1, 0.15) is 5.69 Å². The van der Waals surface area contributed by atoms with Crippen LogP contribution in [0.3, 0.4) is 0 Å². The Kier molecular flexibility index (Phi) is 3.41. The van der Waals surface area contributed by atoms with Crippen LogP contribution in [0, 0.1) is 10.1 Å². The number of amides is 1. The van der Waals surface area contributed by atoms with Crippen LogP contribution in [-0.2, 0) is 9.59 Å². The first-order chi connectivity index (χ1) is 7.41. The van der Waals surface area contributed by atoms with Crippen molar-refractivity contribution < 1.29 is 19.6 Å². The topological polar surface area (TPSA) is 110 Å². The quantitative estimate of drug-likeness (QED) is 0.462. The standard InChI is InChI=1S/C8H5ClN2O5/c9-4-1-2-5(6(3-4)11(15)16)10-7(12)8(13)14/h1-3H,(H,10,12)(H,13,14). The molecular weight excluding hydrogens is 240 g/mol. The predicted molar refractivity (Wildman–Crippen MR) is 54.4 cm³/mol. The van der Waals surface area contributed by atoms with E-state index in [0.717, 1.165) is 12.1 Å². The number of hydrogen-bond acceptors (Lipinski definition) is 4. The highest BCUT2D eigenvalue weighted by molar-refractivity contribution is 6.37. The number of anilines is 1. The van der Waals surface area contributed by atoms with Crippen LogP contribution in [0.15, 0.2) is 18.2 Å². The lowest BCUT2D eigenvalue weighted by molar-refractivity contribution is -0.383. The summed E-state index contributed by atoms with van der Waals surface area (Å²) in [5.74, 6) is -3.09. The van der Waals surface area contributed by atoms with Crippen molar-refractivity contribution in [2.45, 2.75) is 0 Å². The van der Waals surface area contributed by atoms with Crippen LogP contribution in [0.1, 0.15) is 0 Å². The van der Waals surface area contributed by atoms with Gasteiger partial charge in [0.15, 0.2) is 0 Å². The molecule has 0 atom stereocenters. The van der Waals surface area contributed by atoms with Crippen LogP contribution >= 0.6 is 11.6 Å². The molecule has 0 aliphatic carbocycles. The predicted octanol–water partition coefficient (Wildman–Crippen LogP) is 1.27. The molecule has 1 aromatic rings. The van der Waals surface area contributed by atoms with E-state index in [1.54, 1.807) is 0 Å². The molecule has 16 heavy (non-hydrogen) atoms. The van der Waals surface area contributed by atoms with E-state index in [4.69, 9.17) is 16.7 Å². The summed E-state index contributed by atoms with van der Waals surface area (Å²) in [6, 6.07) is 3.46. The second kappa shape index (κ2) is 4.58. The number of nitrogens with one attached hydrogen (secondary N) is 1. The minimum atomic E-state index is -1.73. The summed E-state index contributed by atoms with van der Waals surface area (Å²) in [5, 5.41) is 20.9. The number of carboxylic acid groups (broad SMARTS) is 1. The number of benzene rings is 1. The molecule has 7 nitrogen and oxygen atoms in total. The lowest BCUT2D eigenvalue weighted by Gasteiger charge is -2.03. The number of nitrogens with zero attached hydrogens (tertiary/aromatic N) is 1. The Morgan fingerprint density at radius 1 is 1.44 bits per heavy atom. The van der Waals surface area contributed by atoms with Gasteiger partial charge in [0.05, 0.1) is 4.92 Å². The molecule has 8 heteroatoms. The van der Waals surface area contributed by atoms with E-state index in [2.05, 4.69) is 0 Å². The summed E-state index contributed by atoms with van der Waals surface area (Å²) in [5.41, 5.74) is -0.691. The molecule has 0 unspecified atom stereocenters. The average molecular weight is 245 g/mol. The molecule has 0 aliphatic rings. The highest BCUT2D eigenvalue weighted by atomic mass is 35.5. The average Bonchev–Trinajstić information content (AvgIpc) is 2.20. The van der Waals surface area contributed by atoms with Crippen molar-refractivity contribution in [1.82, 2.24) is 0 Å². The van der Waals surface area contributed by atoms with Crippen molar-refractivity contribution in [3.05, 3.63) is 33.3 Å². The van der Waals surface area contributed by atoms with Gasteiger partial charge in [0.25, 0.3) is 5.69 Å². The molecule has 84 valence electrons. The number of rotatable bonds is 2. The maximum atomic E-state index is 10.8. The van der Waals surface area contributed by atoms with E-state index in [1.807, 2.05) is 5.32 Å². The van der Waals surface area contributed by atoms with Crippen LogP contribution in [0.5, 0.6) is 0 Å². The molecule has 0 fully saturated rings. The first-order valence-electron chi connectivity index (χ1n) is 3.90. The number of carboxylic acids is 1. The Hall–Kier alpha value is -2.15. The summed E-state index contributed by atoms with van der Waals surface area (Å²) in [7, 11) is 0. The monoisotopic (exact) mass is 244 g/mol. The summed E-state index contributed by atoms with van der Waals surface area (Å²) in [6.45, 7) is 0. The molecule has 1 amide bonds. The van der Waals surface area contributed by atoms with Crippen LogP contribution in [-0.4, -0.2) is 21.9 Å². The fourth-order valence-corrected chi connectivity index (χ4v) is 1.10. The third-order valence-electron chi connectivity index (χ3n) is 1.60. The van der Waals surface area contributed by atoms with Gasteiger partial charge in [-0.15, -0.1) is 0 Å². The SMILES string of the molecule is O=C(O)C(=O)Nc1ccc(Cl)cc1[N+](=O)[O-]. The molecule has 0 saturated heterocycles. The number of hydrogen-bond donors (Lipinski definition) is 2. The first kappa shape index (κ1) is 11.9. The van der Waals surface area contributed by atoms with Crippen LogP contribution in [0.25, 0.3) is 0 Å². The molecule has 0 saturated carbocycles. The number of nitro benzene ring substituents is 1. The van der Waals surface area contributed by atoms with Gasteiger partial charge < -0.3 is 10.4 Å². The first-order valence-corrected chi connectivity index (χ1v) is 4.28. The maximum Gasteiger partial charge on any atom is 0.394 e. The molecule has 0 aliphatic heterocycles. The zero-order valence-electron chi connectivity index (χ0n) is 7.64. The second-order valence-corrected chi connectivity index (χ2v) is 3.11. The highest BCUT2D eigenvalue weighted by Crippen LogP contribution is 2.27. The molecule has 0 heterocycles. The van der Waals surface area contributed by atoms with Crippen molar-refractivity contribution in [3.63, 3.8) is 0 Å². The Morgan fingerprint density at radius 2 is 2.06 bits per heavy atom. The van der Waals surface area contributed by atoms with E-state index in [0.29, 0.717) is 0 Å². The van der Waals surface area contributed by atoms with Crippen LogP contribution < -0.4 is 5.32 Å². The Bertz CT molecular complexity index is 473. The van der Waals surface area contributed by atoms with Gasteiger partial charge in [0, 0.05) is 11.1 Å². The van der Waals surface area contributed by atoms with Crippen LogP contribution in [0.4, 0.5) is 11.4 Å². The molecule has 0 aromatic heterocycles. The number of aliphatic carboxylic acids is 1. The number of halogens is 1. The smallest absolute Gasteiger partial charge is 0.394 e. The largest absolute Gasteiger partial charge is 0.474 e. The van der Waals surface area contributed by atoms with Crippen LogP contribution in [0.2, 0.25) is 5.02 Å². The molecular formula is C8H5ClN2O5. The number of nitro groups is 1. The summed E-state index contributed by atoms with van der Waals surface area (Å²) in [4.78, 5) is 30.8. The van der Waals surface area contributed by atoms with Gasteiger partial charge in [-0.1, -0.05) is 11.6 Å². The molecule has 0 spiro atoms. The number of carbonyl (C=O) groups is 2. The van der Waals surface area contributed by atoms with Gasteiger partial charge in [-0.05, 0) is 12.1 Å². The van der Waals surface area contributed by atoms with E-state index in [1.165, 1.54) is 6.07 Å². The molecule has 2 N–H and O–H groups in total. The summed E-state index contributed by atoms with van der Waals surface area (Å²) < 4.78 is 0. The maximum absolute atomic E-state index is 10.8. The lowest BCUT2D eigenvalue weighted by atomic mass is 10.2. The fourth-order valence-electron chi connectivity index (χ4n) is 0.937. The van der Waals surface area contributed by atoms with Gasteiger partial charge in [-0.2, -0.15) is 0 Å². The van der Waals surface area contributed by atoms with Crippen molar-refractivity contribution in [2.24, 2.45) is 0 Å². The van der Waals surface area contributed by atoms with Gasteiger partial charge in [0.2, 0.25) is 0 Å². The van der Waals surface area contributed by atoms with E-state index in [9.17, 15) is 19.7 Å². The molecule has 0 bridgehead atoms. The van der Waals surface area contributed by atoms with Gasteiger partial charge >= 0.3 is 11.9 Å². The zero-order valence-corrected chi connectivity index (χ0v) is 8.39. The number of carbonyl (C=O) groups excluding carboxylic acids is 1. The molecule has 0 radical (unpaired) electrons. The van der Waals surface area contributed by atoms with Crippen molar-refractivity contribution in [3.8, 4) is 0 Å². The lowest BCUT2D eigenvalue weighted by Crippen LogP contribution is -2.22. The summed E-state index contributed by atoms with van der Waals surface area (Å²) in [6.07, 6.45) is 0. The van der Waals surface area contributed by atoms with Gasteiger partial charge in [-0.25, -0.2) is 4.79 Å². The van der Waals surface area contributed by atoms with E-state index >= 15 is 0 Å². The van der Waals surface area contributed by atoms with E-state index in [-0.39, 0.29) is 10.7 Å². The Morgan fingerprint density at radius 3 is 2.56 bits per heavy atom. The van der Waals surface area contributed by atoms with Gasteiger partial charge in [-0.3, -0.25) is 14.9 Å². The fraction of sp³-hybridized carbons (Fsp3) is 0. The molecule has 1 rings (SSSR count). The van der Waals surface area contributed by atoms with Crippen molar-refractivity contribution >= 4 is 34.9 Å². The minimum Gasteiger partial charge on any atom is -0.474 e. The minimum absolute atomic E-state index is 0.111. The third-order valence-corrected chi connectivity index (χ3v) is 1.83. The molecule has 1 aromatic carbocycles. The van der Waals surface area contributed by atoms with Crippen molar-refractivity contribution in [2.75, 3.05) is 5.32 Å². The normalized spacial score (nSPS) is 9.56. The highest BCUT2D eigenvalue weighted by Gasteiger charge is 2.19. The third kappa shape index (κ3) is 2.67. The Balaban J connectivity index is 3.09. The van der Waals surface area contributed by atoms with Crippen molar-refractivity contribution in [1.29, 1.82) is 0 Å². The second-order valence-electron chi connectivity index (χ2n) is 2.68. The summed E-state index contributed by atoms with van der Waals surface area (Å²) >= 11 is 5.53.